The molecule has 0 radical (unpaired) electrons. The van der Waals surface area contributed by atoms with Gasteiger partial charge in [-0.2, -0.15) is 0 Å². The first-order chi connectivity index (χ1) is 14.7. The predicted molar refractivity (Wildman–Crippen MR) is 129 cm³/mol. The molecule has 0 spiro atoms. The number of ether oxygens (including phenoxy) is 2. The van der Waals surface area contributed by atoms with Crippen LogP contribution < -0.4 is 0 Å². The number of benzene rings is 1. The van der Waals surface area contributed by atoms with Gasteiger partial charge < -0.3 is 19.7 Å². The molecule has 4 nitrogen and oxygen atoms in total. The van der Waals surface area contributed by atoms with E-state index in [4.69, 9.17) is 26.2 Å². The van der Waals surface area contributed by atoms with Crippen LogP contribution in [-0.4, -0.2) is 30.0 Å². The van der Waals surface area contributed by atoms with Crippen molar-refractivity contribution in [2.45, 2.75) is 73.2 Å². The maximum atomic E-state index is 10.5. The van der Waals surface area contributed by atoms with Crippen LogP contribution in [0.3, 0.4) is 0 Å². The number of aliphatic hydroxyl groups is 2. The highest BCUT2D eigenvalue weighted by atomic mass is 35.5. The Morgan fingerprint density at radius 2 is 1.70 bits per heavy atom. The summed E-state index contributed by atoms with van der Waals surface area (Å²) in [6.07, 6.45) is 0.862. The number of hydrogen-bond acceptors (Lipinski definition) is 5. The first-order valence-corrected chi connectivity index (χ1v) is 12.3. The van der Waals surface area contributed by atoms with Crippen molar-refractivity contribution in [1.82, 2.24) is 0 Å². The third kappa shape index (κ3) is 9.46. The zero-order valence-corrected chi connectivity index (χ0v) is 20.9. The maximum absolute atomic E-state index is 10.5. The second-order valence-electron chi connectivity index (χ2n) is 5.80. The van der Waals surface area contributed by atoms with Gasteiger partial charge in [0.1, 0.15) is 0 Å². The average molecular weight is 459 g/mol. The van der Waals surface area contributed by atoms with E-state index in [0.717, 1.165) is 20.9 Å². The summed E-state index contributed by atoms with van der Waals surface area (Å²) < 4.78 is 11.2. The van der Waals surface area contributed by atoms with Crippen molar-refractivity contribution < 1.29 is 19.7 Å². The smallest absolute Gasteiger partial charge is 0.193 e. The molecule has 0 aliphatic carbocycles. The first kappa shape index (κ1) is 29.1. The van der Waals surface area contributed by atoms with Gasteiger partial charge in [-0.15, -0.1) is 11.3 Å². The fourth-order valence-corrected chi connectivity index (χ4v) is 4.22. The monoisotopic (exact) mass is 458 g/mol. The van der Waals surface area contributed by atoms with Crippen molar-refractivity contribution in [3.8, 4) is 0 Å². The molecule has 0 saturated carbocycles. The Kier molecular flexibility index (Phi) is 17.1. The normalized spacial score (nSPS) is 13.9. The number of halogens is 1. The molecule has 1 atom stereocenters. The van der Waals surface area contributed by atoms with Crippen LogP contribution in [0.15, 0.2) is 30.3 Å². The third-order valence-corrected chi connectivity index (χ3v) is 5.47. The standard InChI is InChI=1S/C18H21ClO4S.3C2H6/c19-14-4-1-3-12(10-14)9-13-11-16(18-22-7-8-23-18)24-17(13)15(21)5-2-6-20;3*1-2/h1,3-4,10-11,15,18,20-21H,2,5-9H2;3*1-2H3. The second kappa shape index (κ2) is 17.7. The highest BCUT2D eigenvalue weighted by molar-refractivity contribution is 7.12. The van der Waals surface area contributed by atoms with Crippen molar-refractivity contribution in [1.29, 1.82) is 0 Å². The van der Waals surface area contributed by atoms with E-state index in [0.29, 0.717) is 37.5 Å². The molecule has 30 heavy (non-hydrogen) atoms. The summed E-state index contributed by atoms with van der Waals surface area (Å²) in [5.41, 5.74) is 2.15. The van der Waals surface area contributed by atoms with Crippen molar-refractivity contribution in [3.05, 3.63) is 56.2 Å². The predicted octanol–water partition coefficient (Wildman–Crippen LogP) is 6.92. The van der Waals surface area contributed by atoms with Crippen LogP contribution in [0, 0.1) is 0 Å². The van der Waals surface area contributed by atoms with E-state index in [2.05, 4.69) is 6.07 Å². The Bertz CT molecular complexity index is 669. The van der Waals surface area contributed by atoms with Gasteiger partial charge in [0, 0.05) is 16.5 Å². The highest BCUT2D eigenvalue weighted by Crippen LogP contribution is 2.38. The largest absolute Gasteiger partial charge is 0.396 e. The Morgan fingerprint density at radius 1 is 1.07 bits per heavy atom. The van der Waals surface area contributed by atoms with Gasteiger partial charge in [-0.1, -0.05) is 65.3 Å². The van der Waals surface area contributed by atoms with Crippen LogP contribution in [0.4, 0.5) is 0 Å². The topological polar surface area (TPSA) is 58.9 Å². The molecular formula is C24H39ClO4S. The molecule has 2 heterocycles. The molecule has 0 amide bonds. The lowest BCUT2D eigenvalue weighted by atomic mass is 10.0. The Hall–Kier alpha value is -0.950. The molecule has 3 rings (SSSR count). The van der Waals surface area contributed by atoms with Crippen LogP contribution in [0.5, 0.6) is 0 Å². The molecular weight excluding hydrogens is 420 g/mol. The van der Waals surface area contributed by atoms with E-state index >= 15 is 0 Å². The van der Waals surface area contributed by atoms with E-state index in [1.165, 1.54) is 11.3 Å². The van der Waals surface area contributed by atoms with E-state index in [1.54, 1.807) is 0 Å². The molecule has 6 heteroatoms. The first-order valence-electron chi connectivity index (χ1n) is 11.1. The second-order valence-corrected chi connectivity index (χ2v) is 7.35. The summed E-state index contributed by atoms with van der Waals surface area (Å²) in [5, 5.41) is 20.2. The lowest BCUT2D eigenvalue weighted by Crippen LogP contribution is -2.00. The molecule has 2 aromatic rings. The number of aliphatic hydroxyl groups excluding tert-OH is 2. The molecule has 2 N–H and O–H groups in total. The van der Waals surface area contributed by atoms with Gasteiger partial charge in [0.15, 0.2) is 6.29 Å². The summed E-state index contributed by atoms with van der Waals surface area (Å²) in [6, 6.07) is 9.79. The molecule has 1 unspecified atom stereocenters. The van der Waals surface area contributed by atoms with Crippen molar-refractivity contribution in [2.75, 3.05) is 19.8 Å². The minimum Gasteiger partial charge on any atom is -0.396 e. The van der Waals surface area contributed by atoms with E-state index < -0.39 is 6.10 Å². The SMILES string of the molecule is CC.CC.CC.OCCCC(O)c1sc(C2OCCO2)cc1Cc1cccc(Cl)c1. The zero-order valence-electron chi connectivity index (χ0n) is 19.3. The van der Waals surface area contributed by atoms with Crippen molar-refractivity contribution in [2.24, 2.45) is 0 Å². The Labute approximate surface area is 191 Å². The minimum absolute atomic E-state index is 0.0771. The van der Waals surface area contributed by atoms with Gasteiger partial charge >= 0.3 is 0 Å². The molecule has 1 fully saturated rings. The zero-order chi connectivity index (χ0) is 22.9. The van der Waals surface area contributed by atoms with Crippen LogP contribution in [0.25, 0.3) is 0 Å². The van der Waals surface area contributed by atoms with E-state index in [1.807, 2.05) is 65.8 Å². The van der Waals surface area contributed by atoms with Crippen LogP contribution >= 0.6 is 22.9 Å². The van der Waals surface area contributed by atoms with Gasteiger partial charge in [-0.3, -0.25) is 0 Å². The van der Waals surface area contributed by atoms with Gasteiger partial charge in [-0.05, 0) is 48.6 Å². The van der Waals surface area contributed by atoms with Gasteiger partial charge in [0.2, 0.25) is 0 Å². The summed E-state index contributed by atoms with van der Waals surface area (Å²) >= 11 is 7.60. The third-order valence-electron chi connectivity index (χ3n) is 3.94. The fourth-order valence-electron chi connectivity index (χ4n) is 2.81. The number of rotatable bonds is 7. The summed E-state index contributed by atoms with van der Waals surface area (Å²) in [5.74, 6) is 0. The van der Waals surface area contributed by atoms with Crippen molar-refractivity contribution >= 4 is 22.9 Å². The van der Waals surface area contributed by atoms with Gasteiger partial charge in [0.05, 0.1) is 24.2 Å². The Balaban J connectivity index is 0.00000129. The minimum atomic E-state index is -0.591. The molecule has 1 saturated heterocycles. The van der Waals surface area contributed by atoms with E-state index in [-0.39, 0.29) is 12.9 Å². The maximum Gasteiger partial charge on any atom is 0.193 e. The number of hydrogen-bond donors (Lipinski definition) is 2. The molecule has 1 aliphatic heterocycles. The molecule has 1 aromatic heterocycles. The summed E-state index contributed by atoms with van der Waals surface area (Å²) in [7, 11) is 0. The molecule has 1 aliphatic rings. The lowest BCUT2D eigenvalue weighted by Gasteiger charge is -2.11. The number of thiophene rings is 1. The fraction of sp³-hybridized carbons (Fsp3) is 0.583. The van der Waals surface area contributed by atoms with E-state index in [9.17, 15) is 5.11 Å². The van der Waals surface area contributed by atoms with Crippen molar-refractivity contribution in [3.63, 3.8) is 0 Å². The molecule has 172 valence electrons. The highest BCUT2D eigenvalue weighted by Gasteiger charge is 2.24. The quantitative estimate of drug-likeness (QED) is 0.472. The molecule has 1 aromatic carbocycles. The lowest BCUT2D eigenvalue weighted by molar-refractivity contribution is -0.0413. The van der Waals surface area contributed by atoms with Gasteiger partial charge in [0.25, 0.3) is 0 Å². The molecule has 0 bridgehead atoms. The van der Waals surface area contributed by atoms with Crippen LogP contribution in [0.2, 0.25) is 5.02 Å². The van der Waals surface area contributed by atoms with Crippen LogP contribution in [0.1, 0.15) is 87.7 Å². The Morgan fingerprint density at radius 3 is 2.27 bits per heavy atom. The van der Waals surface area contributed by atoms with Crippen LogP contribution in [-0.2, 0) is 15.9 Å². The van der Waals surface area contributed by atoms with Gasteiger partial charge in [-0.25, -0.2) is 0 Å². The summed E-state index contributed by atoms with van der Waals surface area (Å²) in [4.78, 5) is 1.89. The average Bonchev–Trinajstić information content (AvgIpc) is 3.47. The summed E-state index contributed by atoms with van der Waals surface area (Å²) in [6.45, 7) is 13.3.